The summed E-state index contributed by atoms with van der Waals surface area (Å²) in [5.74, 6) is 0. The molecule has 0 heterocycles. The number of nitro groups is 2. The number of nitro benzene ring substituents is 2. The molecule has 1 aromatic carbocycles. The zero-order chi connectivity index (χ0) is 10.9. The van der Waals surface area contributed by atoms with E-state index in [1.807, 2.05) is 0 Å². The van der Waals surface area contributed by atoms with Crippen LogP contribution in [0.25, 0.3) is 0 Å². The normalized spacial score (nSPS) is 9.79. The number of hydrogen-bond donors (Lipinski definition) is 0. The highest BCUT2D eigenvalue weighted by Crippen LogP contribution is 2.21. The van der Waals surface area contributed by atoms with Crippen molar-refractivity contribution < 1.29 is 9.85 Å². The summed E-state index contributed by atoms with van der Waals surface area (Å²) < 4.78 is 0. The van der Waals surface area contributed by atoms with Crippen LogP contribution in [0.1, 0.15) is 5.56 Å². The maximum absolute atomic E-state index is 10.5. The first-order valence-electron chi connectivity index (χ1n) is 3.62. The molecule has 0 aliphatic carbocycles. The Labute approximate surface area is 80.3 Å². The van der Waals surface area contributed by atoms with Crippen LogP contribution in [0.2, 0.25) is 0 Å². The number of non-ortho nitro benzene ring substituents is 1. The van der Waals surface area contributed by atoms with Gasteiger partial charge in [-0.15, -0.1) is 0 Å². The van der Waals surface area contributed by atoms with Crippen molar-refractivity contribution in [1.29, 1.82) is 0 Å². The van der Waals surface area contributed by atoms with Crippen LogP contribution in [0.15, 0.2) is 12.1 Å². The molecule has 1 rings (SSSR count). The summed E-state index contributed by atoms with van der Waals surface area (Å²) in [6.07, 6.45) is 0. The monoisotopic (exact) mass is 192 g/mol. The summed E-state index contributed by atoms with van der Waals surface area (Å²) >= 11 is 0. The zero-order valence-electron chi connectivity index (χ0n) is 7.26. The lowest BCUT2D eigenvalue weighted by atomic mass is 9.90. The Morgan fingerprint density at radius 2 is 1.79 bits per heavy atom. The van der Waals surface area contributed by atoms with Gasteiger partial charge in [0.25, 0.3) is 11.4 Å². The average Bonchev–Trinajstić information content (AvgIpc) is 2.08. The van der Waals surface area contributed by atoms with E-state index >= 15 is 0 Å². The van der Waals surface area contributed by atoms with Crippen LogP contribution in [0, 0.1) is 27.2 Å². The summed E-state index contributed by atoms with van der Waals surface area (Å²) in [5.41, 5.74) is -0.428. The highest BCUT2D eigenvalue weighted by molar-refractivity contribution is 6.34. The van der Waals surface area contributed by atoms with Crippen molar-refractivity contribution in [3.05, 3.63) is 37.9 Å². The second-order valence-electron chi connectivity index (χ2n) is 2.69. The summed E-state index contributed by atoms with van der Waals surface area (Å²) in [5, 5.41) is 20.8. The molecule has 0 aromatic heterocycles. The molecule has 70 valence electrons. The first kappa shape index (κ1) is 10.2. The molecule has 0 fully saturated rings. The quantitative estimate of drug-likeness (QED) is 0.390. The molecule has 6 nitrogen and oxygen atoms in total. The average molecular weight is 192 g/mol. The molecule has 1 aromatic rings. The Morgan fingerprint density at radius 1 is 1.21 bits per heavy atom. The fourth-order valence-corrected chi connectivity index (χ4v) is 1.00. The topological polar surface area (TPSA) is 86.3 Å². The van der Waals surface area contributed by atoms with E-state index in [0.29, 0.717) is 0 Å². The van der Waals surface area contributed by atoms with E-state index in [-0.39, 0.29) is 22.4 Å². The molecular weight excluding hydrogens is 187 g/mol. The van der Waals surface area contributed by atoms with Crippen LogP contribution in [0.4, 0.5) is 11.4 Å². The van der Waals surface area contributed by atoms with Crippen molar-refractivity contribution in [3.8, 4) is 0 Å². The molecule has 0 unspecified atom stereocenters. The number of benzene rings is 1. The minimum Gasteiger partial charge on any atom is -0.258 e. The van der Waals surface area contributed by atoms with Gasteiger partial charge >= 0.3 is 0 Å². The van der Waals surface area contributed by atoms with E-state index in [2.05, 4.69) is 0 Å². The fourth-order valence-electron chi connectivity index (χ4n) is 1.00. The second kappa shape index (κ2) is 3.45. The van der Waals surface area contributed by atoms with E-state index in [9.17, 15) is 20.2 Å². The van der Waals surface area contributed by atoms with Crippen molar-refractivity contribution in [2.24, 2.45) is 0 Å². The lowest BCUT2D eigenvalue weighted by molar-refractivity contribution is -0.394. The van der Waals surface area contributed by atoms with Gasteiger partial charge in [-0.2, -0.15) is 0 Å². The fraction of sp³-hybridized carbons (Fsp3) is 0.143. The largest absolute Gasteiger partial charge is 0.278 e. The maximum Gasteiger partial charge on any atom is 0.278 e. The van der Waals surface area contributed by atoms with Gasteiger partial charge in [0.1, 0.15) is 7.85 Å². The summed E-state index contributed by atoms with van der Waals surface area (Å²) in [6, 6.07) is 1.99. The lowest BCUT2D eigenvalue weighted by Crippen LogP contribution is -2.11. The summed E-state index contributed by atoms with van der Waals surface area (Å²) in [7, 11) is 5.39. The predicted octanol–water partition coefficient (Wildman–Crippen LogP) is 0.605. The second-order valence-corrected chi connectivity index (χ2v) is 2.69. The van der Waals surface area contributed by atoms with Crippen LogP contribution < -0.4 is 5.46 Å². The molecule has 0 N–H and O–H groups in total. The van der Waals surface area contributed by atoms with Crippen LogP contribution in [0.5, 0.6) is 0 Å². The van der Waals surface area contributed by atoms with Crippen molar-refractivity contribution >= 4 is 24.7 Å². The lowest BCUT2D eigenvalue weighted by Gasteiger charge is -2.01. The summed E-state index contributed by atoms with van der Waals surface area (Å²) in [4.78, 5) is 19.4. The van der Waals surface area contributed by atoms with Crippen LogP contribution in [0.3, 0.4) is 0 Å². The molecule has 7 heteroatoms. The molecule has 0 aliphatic heterocycles. The third-order valence-electron chi connectivity index (χ3n) is 1.81. The standard InChI is InChI=1S/C7H5BN2O4/c1-4-6(8)2-5(9(11)12)3-7(4)10(13)14/h2-3H,1H3. The van der Waals surface area contributed by atoms with Gasteiger partial charge in [-0.1, -0.05) is 5.46 Å². The Balaban J connectivity index is 3.43. The van der Waals surface area contributed by atoms with Crippen LogP contribution in [-0.4, -0.2) is 17.7 Å². The van der Waals surface area contributed by atoms with Crippen molar-refractivity contribution in [2.45, 2.75) is 6.92 Å². The smallest absolute Gasteiger partial charge is 0.258 e. The van der Waals surface area contributed by atoms with Crippen LogP contribution in [-0.2, 0) is 0 Å². The molecule has 0 aliphatic rings. The minimum atomic E-state index is -0.719. The molecule has 0 bridgehead atoms. The van der Waals surface area contributed by atoms with E-state index in [1.54, 1.807) is 0 Å². The van der Waals surface area contributed by atoms with E-state index in [1.165, 1.54) is 6.92 Å². The molecule has 14 heavy (non-hydrogen) atoms. The SMILES string of the molecule is [B]c1cc([N+](=O)[O-])cc([N+](=O)[O-])c1C. The van der Waals surface area contributed by atoms with Gasteiger partial charge in [-0.3, -0.25) is 20.2 Å². The van der Waals surface area contributed by atoms with E-state index in [0.717, 1.165) is 12.1 Å². The van der Waals surface area contributed by atoms with Crippen molar-refractivity contribution in [2.75, 3.05) is 0 Å². The highest BCUT2D eigenvalue weighted by atomic mass is 16.6. The Morgan fingerprint density at radius 3 is 2.21 bits per heavy atom. The third kappa shape index (κ3) is 1.71. The molecule has 0 atom stereocenters. The molecule has 0 saturated heterocycles. The molecule has 0 saturated carbocycles. The van der Waals surface area contributed by atoms with E-state index < -0.39 is 9.85 Å². The number of hydrogen-bond acceptors (Lipinski definition) is 4. The highest BCUT2D eigenvalue weighted by Gasteiger charge is 2.18. The van der Waals surface area contributed by atoms with Gasteiger partial charge in [-0.05, 0) is 6.92 Å². The first-order chi connectivity index (χ1) is 6.43. The zero-order valence-corrected chi connectivity index (χ0v) is 7.26. The molecule has 0 spiro atoms. The Hall–Kier alpha value is -1.92. The molecule has 0 amide bonds. The van der Waals surface area contributed by atoms with Gasteiger partial charge in [0, 0.05) is 11.6 Å². The first-order valence-corrected chi connectivity index (χ1v) is 3.62. The van der Waals surface area contributed by atoms with Gasteiger partial charge in [-0.25, -0.2) is 0 Å². The van der Waals surface area contributed by atoms with Gasteiger partial charge < -0.3 is 0 Å². The van der Waals surface area contributed by atoms with Gasteiger partial charge in [0.15, 0.2) is 0 Å². The number of rotatable bonds is 2. The Bertz CT molecular complexity index is 418. The molecule has 2 radical (unpaired) electrons. The van der Waals surface area contributed by atoms with E-state index in [4.69, 9.17) is 7.85 Å². The van der Waals surface area contributed by atoms with Crippen molar-refractivity contribution in [3.63, 3.8) is 0 Å². The number of nitrogens with zero attached hydrogens (tertiary/aromatic N) is 2. The third-order valence-corrected chi connectivity index (χ3v) is 1.81. The Kier molecular flexibility index (Phi) is 2.50. The van der Waals surface area contributed by atoms with Gasteiger partial charge in [0.05, 0.1) is 15.9 Å². The van der Waals surface area contributed by atoms with Gasteiger partial charge in [0.2, 0.25) is 0 Å². The maximum atomic E-state index is 10.5. The van der Waals surface area contributed by atoms with Crippen LogP contribution >= 0.6 is 0 Å². The predicted molar refractivity (Wildman–Crippen MR) is 49.9 cm³/mol. The van der Waals surface area contributed by atoms with Crippen molar-refractivity contribution in [1.82, 2.24) is 0 Å². The molecular formula is C7H5BN2O4. The minimum absolute atomic E-state index is 0.0471. The summed E-state index contributed by atoms with van der Waals surface area (Å²) in [6.45, 7) is 1.44.